The van der Waals surface area contributed by atoms with Crippen LogP contribution in [0.3, 0.4) is 0 Å². The van der Waals surface area contributed by atoms with Crippen LogP contribution in [0.1, 0.15) is 40.1 Å². The van der Waals surface area contributed by atoms with Crippen molar-refractivity contribution in [2.75, 3.05) is 0 Å². The molecule has 4 nitrogen and oxygen atoms in total. The molecule has 0 radical (unpaired) electrons. The third kappa shape index (κ3) is 2.93. The molecule has 2 rings (SSSR count). The van der Waals surface area contributed by atoms with E-state index >= 15 is 0 Å². The van der Waals surface area contributed by atoms with E-state index < -0.39 is 5.97 Å². The summed E-state index contributed by atoms with van der Waals surface area (Å²) in [6.45, 7) is 5.21. The predicted octanol–water partition coefficient (Wildman–Crippen LogP) is 3.54. The van der Waals surface area contributed by atoms with Gasteiger partial charge in [-0.2, -0.15) is 0 Å². The molecule has 0 bridgehead atoms. The van der Waals surface area contributed by atoms with Crippen molar-refractivity contribution in [1.29, 1.82) is 0 Å². The van der Waals surface area contributed by atoms with Gasteiger partial charge < -0.3 is 9.67 Å². The van der Waals surface area contributed by atoms with Gasteiger partial charge in [-0.1, -0.05) is 28.1 Å². The van der Waals surface area contributed by atoms with E-state index in [0.717, 1.165) is 10.0 Å². The second-order valence-corrected chi connectivity index (χ2v) is 5.94. The lowest BCUT2D eigenvalue weighted by Gasteiger charge is -2.21. The molecule has 1 heterocycles. The number of benzene rings is 1. The molecule has 1 atom stereocenters. The summed E-state index contributed by atoms with van der Waals surface area (Å²) in [6, 6.07) is 8.79. The third-order valence-electron chi connectivity index (χ3n) is 3.65. The van der Waals surface area contributed by atoms with Gasteiger partial charge in [0.2, 0.25) is 0 Å². The summed E-state index contributed by atoms with van der Waals surface area (Å²) in [5, 5.41) is 9.33. The monoisotopic (exact) mass is 349 g/mol. The minimum absolute atomic E-state index is 0.189. The Labute approximate surface area is 131 Å². The Morgan fingerprint density at radius 2 is 1.81 bits per heavy atom. The summed E-state index contributed by atoms with van der Waals surface area (Å²) in [7, 11) is 0. The van der Waals surface area contributed by atoms with Crippen molar-refractivity contribution in [3.8, 4) is 0 Å². The SMILES string of the molecule is Cc1cc(=O)n(C(C)c2ccc(Br)cc2)c(C)c1C(=O)O. The van der Waals surface area contributed by atoms with Crippen molar-refractivity contribution in [3.63, 3.8) is 0 Å². The van der Waals surface area contributed by atoms with Crippen LogP contribution in [0, 0.1) is 13.8 Å². The van der Waals surface area contributed by atoms with Gasteiger partial charge in [-0.15, -0.1) is 0 Å². The van der Waals surface area contributed by atoms with Crippen LogP contribution in [0.5, 0.6) is 0 Å². The number of rotatable bonds is 3. The van der Waals surface area contributed by atoms with Crippen LogP contribution in [-0.4, -0.2) is 15.6 Å². The summed E-state index contributed by atoms with van der Waals surface area (Å²) >= 11 is 3.37. The fraction of sp³-hybridized carbons (Fsp3) is 0.250. The molecule has 0 aliphatic rings. The average Bonchev–Trinajstić information content (AvgIpc) is 2.38. The van der Waals surface area contributed by atoms with Gasteiger partial charge >= 0.3 is 5.97 Å². The predicted molar refractivity (Wildman–Crippen MR) is 85.1 cm³/mol. The number of carbonyl (C=O) groups is 1. The van der Waals surface area contributed by atoms with Gasteiger partial charge in [0.15, 0.2) is 0 Å². The van der Waals surface area contributed by atoms with Crippen LogP contribution < -0.4 is 5.56 Å². The Morgan fingerprint density at radius 3 is 2.33 bits per heavy atom. The van der Waals surface area contributed by atoms with Gasteiger partial charge in [0.1, 0.15) is 0 Å². The molecular formula is C16H16BrNO3. The van der Waals surface area contributed by atoms with Crippen LogP contribution in [0.15, 0.2) is 39.6 Å². The third-order valence-corrected chi connectivity index (χ3v) is 4.18. The summed E-state index contributed by atoms with van der Waals surface area (Å²) < 4.78 is 2.48. The number of hydrogen-bond donors (Lipinski definition) is 1. The lowest BCUT2D eigenvalue weighted by atomic mass is 10.0. The van der Waals surface area contributed by atoms with Crippen LogP contribution in [-0.2, 0) is 0 Å². The zero-order valence-corrected chi connectivity index (χ0v) is 13.6. The standard InChI is InChI=1S/C16H16BrNO3/c1-9-8-14(19)18(11(3)15(9)16(20)21)10(2)12-4-6-13(17)7-5-12/h4-8,10H,1-3H3,(H,20,21). The van der Waals surface area contributed by atoms with Gasteiger partial charge in [-0.25, -0.2) is 4.79 Å². The van der Waals surface area contributed by atoms with E-state index in [1.807, 2.05) is 31.2 Å². The molecule has 0 saturated carbocycles. The van der Waals surface area contributed by atoms with Gasteiger partial charge in [-0.3, -0.25) is 4.79 Å². The maximum absolute atomic E-state index is 12.3. The quantitative estimate of drug-likeness (QED) is 0.921. The number of aromatic nitrogens is 1. The molecule has 110 valence electrons. The average molecular weight is 350 g/mol. The molecule has 0 spiro atoms. The molecule has 2 aromatic rings. The van der Waals surface area contributed by atoms with Gasteiger partial charge in [-0.05, 0) is 44.0 Å². The Balaban J connectivity index is 2.63. The van der Waals surface area contributed by atoms with Crippen molar-refractivity contribution in [3.05, 3.63) is 67.5 Å². The van der Waals surface area contributed by atoms with Crippen molar-refractivity contribution in [2.24, 2.45) is 0 Å². The number of hydrogen-bond acceptors (Lipinski definition) is 2. The number of aryl methyl sites for hydroxylation is 1. The summed E-state index contributed by atoms with van der Waals surface area (Å²) in [5.41, 5.74) is 1.92. The lowest BCUT2D eigenvalue weighted by Crippen LogP contribution is -2.28. The highest BCUT2D eigenvalue weighted by Gasteiger charge is 2.19. The fourth-order valence-corrected chi connectivity index (χ4v) is 2.86. The second-order valence-electron chi connectivity index (χ2n) is 5.03. The molecule has 0 aliphatic heterocycles. The normalized spacial score (nSPS) is 12.2. The molecule has 5 heteroatoms. The Morgan fingerprint density at radius 1 is 1.24 bits per heavy atom. The van der Waals surface area contributed by atoms with Crippen molar-refractivity contribution >= 4 is 21.9 Å². The maximum atomic E-state index is 12.3. The first-order chi connectivity index (χ1) is 9.82. The highest BCUT2D eigenvalue weighted by Crippen LogP contribution is 2.22. The first-order valence-electron chi connectivity index (χ1n) is 6.54. The van der Waals surface area contributed by atoms with E-state index in [-0.39, 0.29) is 17.2 Å². The molecule has 0 fully saturated rings. The number of carboxylic acid groups (broad SMARTS) is 1. The van der Waals surface area contributed by atoms with Gasteiger partial charge in [0.05, 0.1) is 11.6 Å². The minimum atomic E-state index is -1.01. The van der Waals surface area contributed by atoms with Crippen LogP contribution in [0.4, 0.5) is 0 Å². The maximum Gasteiger partial charge on any atom is 0.337 e. The Hall–Kier alpha value is -1.88. The van der Waals surface area contributed by atoms with Crippen LogP contribution in [0.25, 0.3) is 0 Å². The Bertz CT molecular complexity index is 747. The van der Waals surface area contributed by atoms with Crippen molar-refractivity contribution in [1.82, 2.24) is 4.57 Å². The molecule has 1 N–H and O–H groups in total. The topological polar surface area (TPSA) is 59.3 Å². The number of carboxylic acids is 1. The first-order valence-corrected chi connectivity index (χ1v) is 7.33. The van der Waals surface area contributed by atoms with Crippen molar-refractivity contribution < 1.29 is 9.90 Å². The van der Waals surface area contributed by atoms with Gasteiger partial charge in [0, 0.05) is 16.2 Å². The molecule has 0 amide bonds. The van der Waals surface area contributed by atoms with E-state index in [9.17, 15) is 14.7 Å². The Kier molecular flexibility index (Phi) is 4.32. The molecule has 1 aromatic heterocycles. The van der Waals surface area contributed by atoms with E-state index in [4.69, 9.17) is 0 Å². The highest BCUT2D eigenvalue weighted by molar-refractivity contribution is 9.10. The number of nitrogens with zero attached hydrogens (tertiary/aromatic N) is 1. The first kappa shape index (κ1) is 15.5. The smallest absolute Gasteiger partial charge is 0.337 e. The lowest BCUT2D eigenvalue weighted by molar-refractivity contribution is 0.0694. The summed E-state index contributed by atoms with van der Waals surface area (Å²) in [5.74, 6) is -1.01. The highest BCUT2D eigenvalue weighted by atomic mass is 79.9. The molecule has 1 aromatic carbocycles. The largest absolute Gasteiger partial charge is 0.478 e. The van der Waals surface area contributed by atoms with E-state index in [1.54, 1.807) is 13.8 Å². The number of aromatic carboxylic acids is 1. The minimum Gasteiger partial charge on any atom is -0.478 e. The van der Waals surface area contributed by atoms with Crippen LogP contribution >= 0.6 is 15.9 Å². The molecule has 0 aliphatic carbocycles. The van der Waals surface area contributed by atoms with E-state index in [1.165, 1.54) is 10.6 Å². The summed E-state index contributed by atoms with van der Waals surface area (Å²) in [6.07, 6.45) is 0. The molecule has 21 heavy (non-hydrogen) atoms. The van der Waals surface area contributed by atoms with Crippen molar-refractivity contribution in [2.45, 2.75) is 26.8 Å². The molecule has 0 saturated heterocycles. The second kappa shape index (κ2) is 5.85. The van der Waals surface area contributed by atoms with Gasteiger partial charge in [0.25, 0.3) is 5.56 Å². The number of halogens is 1. The number of pyridine rings is 1. The van der Waals surface area contributed by atoms with Crippen LogP contribution in [0.2, 0.25) is 0 Å². The van der Waals surface area contributed by atoms with E-state index in [2.05, 4.69) is 15.9 Å². The fourth-order valence-electron chi connectivity index (χ4n) is 2.59. The molecule has 1 unspecified atom stereocenters. The summed E-state index contributed by atoms with van der Waals surface area (Å²) in [4.78, 5) is 23.7. The molecular weight excluding hydrogens is 334 g/mol. The zero-order valence-electron chi connectivity index (χ0n) is 12.1. The van der Waals surface area contributed by atoms with E-state index in [0.29, 0.717) is 11.3 Å². The zero-order chi connectivity index (χ0) is 15.7.